The van der Waals surface area contributed by atoms with Gasteiger partial charge in [0.05, 0.1) is 26.4 Å². The fourth-order valence-electron chi connectivity index (χ4n) is 9.95. The summed E-state index contributed by atoms with van der Waals surface area (Å²) in [5.41, 5.74) is 0. The third-order valence-corrected chi connectivity index (χ3v) is 17.6. The zero-order valence-electron chi connectivity index (χ0n) is 61.4. The molecule has 17 nitrogen and oxygen atoms in total. The monoisotopic (exact) mass is 1420 g/mol. The molecule has 0 aliphatic carbocycles. The lowest BCUT2D eigenvalue weighted by Crippen LogP contribution is -2.30. The number of allylic oxidation sites excluding steroid dienone is 18. The lowest BCUT2D eigenvalue weighted by atomic mass is 10.0. The fraction of sp³-hybridized carbons (Fsp3) is 0.722. The zero-order valence-corrected chi connectivity index (χ0v) is 63.2. The van der Waals surface area contributed by atoms with Crippen LogP contribution in [-0.4, -0.2) is 96.7 Å². The summed E-state index contributed by atoms with van der Waals surface area (Å²) in [6, 6.07) is 0. The van der Waals surface area contributed by atoms with Gasteiger partial charge in [-0.2, -0.15) is 0 Å². The first-order valence-electron chi connectivity index (χ1n) is 38.1. The Bertz CT molecular complexity index is 2290. The minimum absolute atomic E-state index is 0.0596. The van der Waals surface area contributed by atoms with Crippen molar-refractivity contribution >= 4 is 39.5 Å². The van der Waals surface area contributed by atoms with Gasteiger partial charge in [-0.3, -0.25) is 37.3 Å². The quantitative estimate of drug-likeness (QED) is 0.0169. The maximum Gasteiger partial charge on any atom is 0.472 e. The van der Waals surface area contributed by atoms with E-state index >= 15 is 0 Å². The Morgan fingerprint density at radius 2 is 0.541 bits per heavy atom. The maximum absolute atomic E-state index is 13.1. The van der Waals surface area contributed by atoms with Gasteiger partial charge >= 0.3 is 39.5 Å². The van der Waals surface area contributed by atoms with Crippen molar-refractivity contribution in [2.45, 2.75) is 329 Å². The van der Waals surface area contributed by atoms with Crippen LogP contribution in [0.1, 0.15) is 310 Å². The highest BCUT2D eigenvalue weighted by Gasteiger charge is 2.30. The van der Waals surface area contributed by atoms with Gasteiger partial charge in [0.2, 0.25) is 0 Å². The number of phosphoric ester groups is 2. The fourth-order valence-corrected chi connectivity index (χ4v) is 11.5. The Kier molecular flexibility index (Phi) is 68.0. The number of hydrogen-bond donors (Lipinski definition) is 3. The van der Waals surface area contributed by atoms with E-state index in [4.69, 9.17) is 37.0 Å². The SMILES string of the molecule is CC/C=C\C/C=C\C/C=C\C/C=C\CCCCCCC(=O)OCC(COP(=O)(O)OCC(O)COP(=O)(O)OCC(COC(=O)CCCCCCCCCCCCCCC)OC(=O)CCCCCCC/C=C\CCCC)OC(=O)CCCCCC/C=C\C/C=C\C/C=C\C/C=C\CC. The summed E-state index contributed by atoms with van der Waals surface area (Å²) in [6.45, 7) is 4.55. The summed E-state index contributed by atoms with van der Waals surface area (Å²) in [5.74, 6) is -2.23. The third kappa shape index (κ3) is 70.2. The van der Waals surface area contributed by atoms with Crippen molar-refractivity contribution in [3.05, 3.63) is 109 Å². The predicted molar refractivity (Wildman–Crippen MR) is 399 cm³/mol. The van der Waals surface area contributed by atoms with E-state index in [1.165, 1.54) is 70.6 Å². The Morgan fingerprint density at radius 3 is 0.857 bits per heavy atom. The molecule has 0 aliphatic heterocycles. The lowest BCUT2D eigenvalue weighted by molar-refractivity contribution is -0.161. The van der Waals surface area contributed by atoms with Crippen LogP contribution in [0.25, 0.3) is 0 Å². The van der Waals surface area contributed by atoms with Crippen molar-refractivity contribution in [1.82, 2.24) is 0 Å². The van der Waals surface area contributed by atoms with Crippen LogP contribution in [0, 0.1) is 0 Å². The molecule has 19 heteroatoms. The van der Waals surface area contributed by atoms with Crippen LogP contribution in [0.2, 0.25) is 0 Å². The average molecular weight is 1420 g/mol. The molecule has 0 amide bonds. The van der Waals surface area contributed by atoms with Gasteiger partial charge in [0.15, 0.2) is 12.2 Å². The first kappa shape index (κ1) is 93.7. The van der Waals surface area contributed by atoms with E-state index in [1.54, 1.807) is 0 Å². The number of phosphoric acid groups is 2. The molecule has 0 fully saturated rings. The first-order chi connectivity index (χ1) is 47.7. The van der Waals surface area contributed by atoms with Crippen LogP contribution >= 0.6 is 15.6 Å². The van der Waals surface area contributed by atoms with Gasteiger partial charge in [0, 0.05) is 25.7 Å². The first-order valence-corrected chi connectivity index (χ1v) is 41.1. The molecule has 0 aromatic rings. The zero-order chi connectivity index (χ0) is 71.8. The molecular formula is C79H136O17P2. The number of aliphatic hydroxyl groups is 1. The molecule has 0 aromatic carbocycles. The van der Waals surface area contributed by atoms with E-state index in [1.807, 2.05) is 0 Å². The Morgan fingerprint density at radius 1 is 0.296 bits per heavy atom. The molecule has 0 heterocycles. The van der Waals surface area contributed by atoms with Gasteiger partial charge in [-0.15, -0.1) is 0 Å². The van der Waals surface area contributed by atoms with Crippen molar-refractivity contribution in [3.8, 4) is 0 Å². The van der Waals surface area contributed by atoms with Gasteiger partial charge in [0.25, 0.3) is 0 Å². The molecule has 5 unspecified atom stereocenters. The second-order valence-corrected chi connectivity index (χ2v) is 28.1. The van der Waals surface area contributed by atoms with E-state index in [0.717, 1.165) is 161 Å². The van der Waals surface area contributed by atoms with Gasteiger partial charge in [0.1, 0.15) is 19.3 Å². The van der Waals surface area contributed by atoms with E-state index in [0.29, 0.717) is 25.7 Å². The molecule has 0 aromatic heterocycles. The number of rotatable bonds is 71. The molecule has 5 atom stereocenters. The summed E-state index contributed by atoms with van der Waals surface area (Å²) in [5, 5.41) is 10.6. The molecule has 0 saturated carbocycles. The number of hydrogen-bond acceptors (Lipinski definition) is 15. The largest absolute Gasteiger partial charge is 0.472 e. The number of ether oxygens (including phenoxy) is 4. The molecular weight excluding hydrogens is 1280 g/mol. The highest BCUT2D eigenvalue weighted by molar-refractivity contribution is 7.47. The molecule has 0 rings (SSSR count). The van der Waals surface area contributed by atoms with Crippen molar-refractivity contribution in [1.29, 1.82) is 0 Å². The third-order valence-electron chi connectivity index (χ3n) is 15.7. The number of carbonyl (C=O) groups is 4. The maximum atomic E-state index is 13.1. The van der Waals surface area contributed by atoms with Crippen molar-refractivity contribution in [2.75, 3.05) is 39.6 Å². The second-order valence-electron chi connectivity index (χ2n) is 25.2. The molecule has 0 spiro atoms. The predicted octanol–water partition coefficient (Wildman–Crippen LogP) is 21.8. The van der Waals surface area contributed by atoms with Crippen LogP contribution in [0.4, 0.5) is 0 Å². The normalized spacial score (nSPS) is 14.6. The molecule has 0 aliphatic rings. The van der Waals surface area contributed by atoms with Gasteiger partial charge < -0.3 is 33.8 Å². The summed E-state index contributed by atoms with van der Waals surface area (Å²) in [7, 11) is -9.96. The standard InChI is InChI=1S/C79H136O17P2/c1-5-9-13-17-21-25-29-32-34-36-38-41-45-48-52-56-60-64-77(82)90-70-75(96-79(84)66-62-58-54-50-46-42-39-37-35-33-30-26-22-18-14-10-6-2)72-94-98(87,88)92-68-73(80)67-91-97(85,86)93-71-74(95-78(83)65-61-57-53-49-43-28-24-20-16-12-8-4)69-89-76(81)63-59-55-51-47-44-40-31-27-23-19-15-11-7-3/h9-10,13-14,20-22,24-26,32-35,38-39,41-42,73-75,80H,5-8,11-12,15-19,23,27-31,36-37,40,43-72H2,1-4H3,(H,85,86)(H,87,88)/b13-9-,14-10-,24-20-,25-21-,26-22-,34-32-,35-33-,41-38-,42-39-. The summed E-state index contributed by atoms with van der Waals surface area (Å²) < 4.78 is 68.4. The van der Waals surface area contributed by atoms with E-state index in [-0.39, 0.29) is 25.7 Å². The van der Waals surface area contributed by atoms with Gasteiger partial charge in [-0.1, -0.05) is 272 Å². The van der Waals surface area contributed by atoms with E-state index < -0.39 is 97.5 Å². The van der Waals surface area contributed by atoms with Crippen LogP contribution < -0.4 is 0 Å². The van der Waals surface area contributed by atoms with Crippen LogP contribution in [-0.2, 0) is 65.4 Å². The summed E-state index contributed by atoms with van der Waals surface area (Å²) >= 11 is 0. The topological polar surface area (TPSA) is 237 Å². The number of carbonyl (C=O) groups excluding carboxylic acids is 4. The molecule has 3 N–H and O–H groups in total. The van der Waals surface area contributed by atoms with Crippen LogP contribution in [0.3, 0.4) is 0 Å². The number of aliphatic hydroxyl groups excluding tert-OH is 1. The summed E-state index contributed by atoms with van der Waals surface area (Å²) in [4.78, 5) is 72.8. The molecule has 0 bridgehead atoms. The van der Waals surface area contributed by atoms with Crippen LogP contribution in [0.15, 0.2) is 109 Å². The Balaban J connectivity index is 5.38. The molecule has 98 heavy (non-hydrogen) atoms. The second kappa shape index (κ2) is 71.1. The van der Waals surface area contributed by atoms with Crippen molar-refractivity contribution < 1.29 is 80.2 Å². The lowest BCUT2D eigenvalue weighted by Gasteiger charge is -2.21. The molecule has 0 saturated heterocycles. The number of unbranched alkanes of at least 4 members (excludes halogenated alkanes) is 27. The minimum Gasteiger partial charge on any atom is -0.462 e. The minimum atomic E-state index is -4.99. The average Bonchev–Trinajstić information content (AvgIpc) is 0.980. The van der Waals surface area contributed by atoms with Gasteiger partial charge in [-0.25, -0.2) is 9.13 Å². The van der Waals surface area contributed by atoms with Crippen LogP contribution in [0.5, 0.6) is 0 Å². The smallest absolute Gasteiger partial charge is 0.462 e. The van der Waals surface area contributed by atoms with Gasteiger partial charge in [-0.05, 0) is 122 Å². The summed E-state index contributed by atoms with van der Waals surface area (Å²) in [6.07, 6.45) is 75.1. The van der Waals surface area contributed by atoms with E-state index in [2.05, 4.69) is 137 Å². The highest BCUT2D eigenvalue weighted by atomic mass is 31.2. The Hall–Kier alpha value is -4.28. The Labute approximate surface area is 594 Å². The van der Waals surface area contributed by atoms with Crippen molar-refractivity contribution in [2.24, 2.45) is 0 Å². The van der Waals surface area contributed by atoms with E-state index in [9.17, 15) is 43.2 Å². The molecule has 0 radical (unpaired) electrons. The number of esters is 4. The highest BCUT2D eigenvalue weighted by Crippen LogP contribution is 2.45. The van der Waals surface area contributed by atoms with Crippen molar-refractivity contribution in [3.63, 3.8) is 0 Å². The molecule has 564 valence electrons.